The van der Waals surface area contributed by atoms with Gasteiger partial charge in [-0.25, -0.2) is 0 Å². The molecule has 0 aliphatic rings. The molecule has 0 aliphatic carbocycles. The monoisotopic (exact) mass is 405 g/mol. The second-order valence-corrected chi connectivity index (χ2v) is 6.94. The largest absolute Gasteiger partial charge is 0.497 e. The van der Waals surface area contributed by atoms with E-state index in [1.54, 1.807) is 7.11 Å². The minimum absolute atomic E-state index is 0.00222. The van der Waals surface area contributed by atoms with E-state index >= 15 is 0 Å². The lowest BCUT2D eigenvalue weighted by Gasteiger charge is -2.11. The second kappa shape index (κ2) is 9.47. The van der Waals surface area contributed by atoms with E-state index < -0.39 is 0 Å². The van der Waals surface area contributed by atoms with Gasteiger partial charge in [0.2, 0.25) is 0 Å². The average molecular weight is 406 g/mol. The number of rotatable bonds is 8. The van der Waals surface area contributed by atoms with Crippen molar-refractivity contribution in [3.63, 3.8) is 0 Å². The summed E-state index contributed by atoms with van der Waals surface area (Å²) >= 11 is 3.49. The molecule has 134 valence electrons. The molecule has 2 aromatic rings. The molecule has 0 aromatic heterocycles. The van der Waals surface area contributed by atoms with Gasteiger partial charge in [0.1, 0.15) is 11.5 Å². The van der Waals surface area contributed by atoms with Crippen LogP contribution in [-0.4, -0.2) is 26.2 Å². The number of ether oxygens (including phenoxy) is 2. The van der Waals surface area contributed by atoms with Gasteiger partial charge in [0.15, 0.2) is 6.61 Å². The van der Waals surface area contributed by atoms with Crippen molar-refractivity contribution in [2.75, 3.05) is 20.3 Å². The maximum absolute atomic E-state index is 11.9. The van der Waals surface area contributed by atoms with Gasteiger partial charge in [-0.3, -0.25) is 4.79 Å². The first-order chi connectivity index (χ1) is 12.0. The normalized spacial score (nSPS) is 10.6. The van der Waals surface area contributed by atoms with E-state index in [-0.39, 0.29) is 12.5 Å². The Hall–Kier alpha value is -2.01. The van der Waals surface area contributed by atoms with Crippen LogP contribution < -0.4 is 14.8 Å². The van der Waals surface area contributed by atoms with Crippen LogP contribution in [0, 0.1) is 0 Å². The maximum atomic E-state index is 11.9. The zero-order valence-electron chi connectivity index (χ0n) is 14.8. The molecular formula is C20H24BrNO3. The molecule has 0 radical (unpaired) electrons. The molecule has 0 bridgehead atoms. The molecule has 0 unspecified atom stereocenters. The van der Waals surface area contributed by atoms with Crippen LogP contribution in [0.4, 0.5) is 0 Å². The SMILES string of the molecule is COc1ccc(CCNC(=O)COc2ccc(C(C)C)cc2Br)cc1. The van der Waals surface area contributed by atoms with Crippen molar-refractivity contribution in [2.45, 2.75) is 26.2 Å². The lowest BCUT2D eigenvalue weighted by molar-refractivity contribution is -0.123. The Morgan fingerprint density at radius 3 is 2.48 bits per heavy atom. The zero-order chi connectivity index (χ0) is 18.2. The summed E-state index contributed by atoms with van der Waals surface area (Å²) < 4.78 is 11.6. The van der Waals surface area contributed by atoms with Crippen LogP contribution in [0.5, 0.6) is 11.5 Å². The fraction of sp³-hybridized carbons (Fsp3) is 0.350. The number of methoxy groups -OCH3 is 1. The summed E-state index contributed by atoms with van der Waals surface area (Å²) in [6, 6.07) is 13.8. The van der Waals surface area contributed by atoms with Gasteiger partial charge in [-0.05, 0) is 63.7 Å². The third-order valence-corrected chi connectivity index (χ3v) is 4.50. The third-order valence-electron chi connectivity index (χ3n) is 3.88. The predicted molar refractivity (Wildman–Crippen MR) is 103 cm³/mol. The Morgan fingerprint density at radius 1 is 1.16 bits per heavy atom. The highest BCUT2D eigenvalue weighted by Crippen LogP contribution is 2.28. The molecule has 4 nitrogen and oxygen atoms in total. The first-order valence-electron chi connectivity index (χ1n) is 8.31. The Bertz CT molecular complexity index is 699. The van der Waals surface area contributed by atoms with Crippen LogP contribution in [0.25, 0.3) is 0 Å². The van der Waals surface area contributed by atoms with Crippen LogP contribution >= 0.6 is 15.9 Å². The fourth-order valence-electron chi connectivity index (χ4n) is 2.33. The van der Waals surface area contributed by atoms with Crippen LogP contribution in [0.2, 0.25) is 0 Å². The highest BCUT2D eigenvalue weighted by atomic mass is 79.9. The Morgan fingerprint density at radius 2 is 1.88 bits per heavy atom. The predicted octanol–water partition coefficient (Wildman–Crippen LogP) is 4.32. The maximum Gasteiger partial charge on any atom is 0.257 e. The van der Waals surface area contributed by atoms with Crippen LogP contribution in [-0.2, 0) is 11.2 Å². The molecule has 0 saturated heterocycles. The molecule has 5 heteroatoms. The molecule has 1 N–H and O–H groups in total. The molecule has 0 fully saturated rings. The quantitative estimate of drug-likeness (QED) is 0.711. The van der Waals surface area contributed by atoms with Crippen molar-refractivity contribution in [2.24, 2.45) is 0 Å². The molecule has 0 atom stereocenters. The first kappa shape index (κ1) is 19.3. The van der Waals surface area contributed by atoms with Gasteiger partial charge in [-0.1, -0.05) is 32.0 Å². The lowest BCUT2D eigenvalue weighted by Crippen LogP contribution is -2.30. The minimum atomic E-state index is -0.131. The van der Waals surface area contributed by atoms with Crippen molar-refractivity contribution in [1.29, 1.82) is 0 Å². The van der Waals surface area contributed by atoms with E-state index in [1.807, 2.05) is 42.5 Å². The lowest BCUT2D eigenvalue weighted by atomic mass is 10.0. The molecule has 2 aromatic carbocycles. The van der Waals surface area contributed by atoms with E-state index in [0.29, 0.717) is 18.2 Å². The highest BCUT2D eigenvalue weighted by Gasteiger charge is 2.08. The number of hydrogen-bond donors (Lipinski definition) is 1. The van der Waals surface area contributed by atoms with Crippen LogP contribution in [0.1, 0.15) is 30.9 Å². The minimum Gasteiger partial charge on any atom is -0.497 e. The topological polar surface area (TPSA) is 47.6 Å². The van der Waals surface area contributed by atoms with Crippen molar-refractivity contribution in [1.82, 2.24) is 5.32 Å². The first-order valence-corrected chi connectivity index (χ1v) is 9.10. The number of hydrogen-bond acceptors (Lipinski definition) is 3. The van der Waals surface area contributed by atoms with Gasteiger partial charge in [0.25, 0.3) is 5.91 Å². The number of carbonyl (C=O) groups excluding carboxylic acids is 1. The molecular weight excluding hydrogens is 382 g/mol. The third kappa shape index (κ3) is 6.09. The molecule has 25 heavy (non-hydrogen) atoms. The summed E-state index contributed by atoms with van der Waals surface area (Å²) in [5.74, 6) is 1.82. The summed E-state index contributed by atoms with van der Waals surface area (Å²) in [7, 11) is 1.64. The van der Waals surface area contributed by atoms with Crippen molar-refractivity contribution >= 4 is 21.8 Å². The summed E-state index contributed by atoms with van der Waals surface area (Å²) in [4.78, 5) is 11.9. The van der Waals surface area contributed by atoms with E-state index in [1.165, 1.54) is 5.56 Å². The standard InChI is InChI=1S/C20H24BrNO3/c1-14(2)16-6-9-19(18(21)12-16)25-13-20(23)22-11-10-15-4-7-17(24-3)8-5-15/h4-9,12,14H,10-11,13H2,1-3H3,(H,22,23). The summed E-state index contributed by atoms with van der Waals surface area (Å²) in [6.45, 7) is 4.85. The van der Waals surface area contributed by atoms with Gasteiger partial charge in [-0.2, -0.15) is 0 Å². The Balaban J connectivity index is 1.75. The van der Waals surface area contributed by atoms with Crippen molar-refractivity contribution in [3.05, 3.63) is 58.1 Å². The molecule has 0 heterocycles. The number of amides is 1. The van der Waals surface area contributed by atoms with E-state index in [4.69, 9.17) is 9.47 Å². The van der Waals surface area contributed by atoms with Crippen LogP contribution in [0.3, 0.4) is 0 Å². The van der Waals surface area contributed by atoms with Crippen molar-refractivity contribution < 1.29 is 14.3 Å². The smallest absolute Gasteiger partial charge is 0.257 e. The van der Waals surface area contributed by atoms with Gasteiger partial charge in [0.05, 0.1) is 11.6 Å². The molecule has 2 rings (SSSR count). The number of nitrogens with one attached hydrogen (secondary N) is 1. The van der Waals surface area contributed by atoms with E-state index in [0.717, 1.165) is 22.2 Å². The average Bonchev–Trinajstić information content (AvgIpc) is 2.61. The summed E-state index contributed by atoms with van der Waals surface area (Å²) in [5.41, 5.74) is 2.37. The van der Waals surface area contributed by atoms with E-state index in [2.05, 4.69) is 35.1 Å². The Labute approximate surface area is 157 Å². The number of benzene rings is 2. The van der Waals surface area contributed by atoms with Crippen LogP contribution in [0.15, 0.2) is 46.9 Å². The summed E-state index contributed by atoms with van der Waals surface area (Å²) in [6.07, 6.45) is 0.766. The summed E-state index contributed by atoms with van der Waals surface area (Å²) in [5, 5.41) is 2.87. The van der Waals surface area contributed by atoms with Gasteiger partial charge in [-0.15, -0.1) is 0 Å². The van der Waals surface area contributed by atoms with Gasteiger partial charge in [0, 0.05) is 6.54 Å². The molecule has 0 saturated carbocycles. The van der Waals surface area contributed by atoms with E-state index in [9.17, 15) is 4.79 Å². The number of carbonyl (C=O) groups is 1. The van der Waals surface area contributed by atoms with Gasteiger partial charge >= 0.3 is 0 Å². The second-order valence-electron chi connectivity index (χ2n) is 6.08. The highest BCUT2D eigenvalue weighted by molar-refractivity contribution is 9.10. The Kier molecular flexibility index (Phi) is 7.31. The molecule has 0 aliphatic heterocycles. The zero-order valence-corrected chi connectivity index (χ0v) is 16.4. The van der Waals surface area contributed by atoms with Crippen molar-refractivity contribution in [3.8, 4) is 11.5 Å². The number of halogens is 1. The fourth-order valence-corrected chi connectivity index (χ4v) is 2.84. The van der Waals surface area contributed by atoms with Gasteiger partial charge < -0.3 is 14.8 Å². The molecule has 1 amide bonds. The molecule has 0 spiro atoms.